The zero-order valence-corrected chi connectivity index (χ0v) is 16.1. The van der Waals surface area contributed by atoms with Crippen LogP contribution in [-0.2, 0) is 19.6 Å². The second kappa shape index (κ2) is 7.14. The standard InChI is InChI=1S/C19H25FN2O4S/c20-15-3-5-16(6-4-15)27(24,25)22-13-9-19(10-14-22)8-7-17(26-19)18(23)21-11-1-2-12-21/h3-6,17H,1-2,7-14H2. The molecule has 3 saturated heterocycles. The van der Waals surface area contributed by atoms with Crippen LogP contribution >= 0.6 is 0 Å². The van der Waals surface area contributed by atoms with Crippen molar-refractivity contribution in [2.24, 2.45) is 0 Å². The molecule has 6 nitrogen and oxygen atoms in total. The van der Waals surface area contributed by atoms with Crippen molar-refractivity contribution in [3.8, 4) is 0 Å². The summed E-state index contributed by atoms with van der Waals surface area (Å²) in [6.07, 6.45) is 4.39. The lowest BCUT2D eigenvalue weighted by molar-refractivity contribution is -0.149. The first kappa shape index (κ1) is 18.8. The van der Waals surface area contributed by atoms with E-state index in [-0.39, 0.29) is 16.9 Å². The van der Waals surface area contributed by atoms with Crippen LogP contribution in [0.1, 0.15) is 38.5 Å². The number of nitrogens with zero attached hydrogens (tertiary/aromatic N) is 2. The van der Waals surface area contributed by atoms with Crippen LogP contribution in [0.2, 0.25) is 0 Å². The Labute approximate surface area is 159 Å². The predicted molar refractivity (Wildman–Crippen MR) is 97.0 cm³/mol. The Kier molecular flexibility index (Phi) is 4.98. The van der Waals surface area contributed by atoms with Gasteiger partial charge in [-0.25, -0.2) is 12.8 Å². The maximum absolute atomic E-state index is 13.1. The van der Waals surface area contributed by atoms with Crippen molar-refractivity contribution < 1.29 is 22.3 Å². The zero-order chi connectivity index (χ0) is 19.1. The lowest BCUT2D eigenvalue weighted by atomic mass is 9.89. The van der Waals surface area contributed by atoms with Crippen molar-refractivity contribution >= 4 is 15.9 Å². The van der Waals surface area contributed by atoms with E-state index in [0.29, 0.717) is 32.4 Å². The van der Waals surface area contributed by atoms with Crippen molar-refractivity contribution in [1.29, 1.82) is 0 Å². The summed E-state index contributed by atoms with van der Waals surface area (Å²) < 4.78 is 46.2. The lowest BCUT2D eigenvalue weighted by Crippen LogP contribution is -2.47. The highest BCUT2D eigenvalue weighted by Gasteiger charge is 2.47. The number of carbonyl (C=O) groups is 1. The van der Waals surface area contributed by atoms with E-state index in [9.17, 15) is 17.6 Å². The van der Waals surface area contributed by atoms with Gasteiger partial charge in [-0.1, -0.05) is 0 Å². The van der Waals surface area contributed by atoms with E-state index in [4.69, 9.17) is 4.74 Å². The summed E-state index contributed by atoms with van der Waals surface area (Å²) in [5.41, 5.74) is -0.394. The molecule has 1 spiro atoms. The molecule has 1 amide bonds. The third kappa shape index (κ3) is 3.62. The number of ether oxygens (including phenoxy) is 1. The summed E-state index contributed by atoms with van der Waals surface area (Å²) in [5, 5.41) is 0. The SMILES string of the molecule is O=C(C1CCC2(CCN(S(=O)(=O)c3ccc(F)cc3)CC2)O1)N1CCCC1. The minimum absolute atomic E-state index is 0.0886. The largest absolute Gasteiger partial charge is 0.362 e. The minimum atomic E-state index is -3.63. The van der Waals surface area contributed by atoms with Gasteiger partial charge in [-0.15, -0.1) is 0 Å². The van der Waals surface area contributed by atoms with E-state index in [2.05, 4.69) is 0 Å². The van der Waals surface area contributed by atoms with Crippen LogP contribution in [0, 0.1) is 5.82 Å². The van der Waals surface area contributed by atoms with Gasteiger partial charge in [0.2, 0.25) is 10.0 Å². The number of benzene rings is 1. The number of halogens is 1. The molecule has 8 heteroatoms. The van der Waals surface area contributed by atoms with Crippen molar-refractivity contribution in [3.05, 3.63) is 30.1 Å². The van der Waals surface area contributed by atoms with Gasteiger partial charge < -0.3 is 9.64 Å². The first-order valence-electron chi connectivity index (χ1n) is 9.62. The van der Waals surface area contributed by atoms with Crippen LogP contribution in [0.3, 0.4) is 0 Å². The summed E-state index contributed by atoms with van der Waals surface area (Å²) >= 11 is 0. The molecule has 0 radical (unpaired) electrons. The van der Waals surface area contributed by atoms with Gasteiger partial charge in [-0.05, 0) is 62.8 Å². The molecular formula is C19H25FN2O4S. The Balaban J connectivity index is 1.38. The molecule has 0 N–H and O–H groups in total. The lowest BCUT2D eigenvalue weighted by Gasteiger charge is -2.38. The topological polar surface area (TPSA) is 66.9 Å². The van der Waals surface area contributed by atoms with E-state index in [0.717, 1.165) is 44.5 Å². The molecule has 0 bridgehead atoms. The van der Waals surface area contributed by atoms with Crippen LogP contribution in [0.4, 0.5) is 4.39 Å². The fourth-order valence-corrected chi connectivity index (χ4v) is 5.83. The molecule has 1 unspecified atom stereocenters. The highest BCUT2D eigenvalue weighted by atomic mass is 32.2. The summed E-state index contributed by atoms with van der Waals surface area (Å²) in [4.78, 5) is 14.6. The van der Waals surface area contributed by atoms with E-state index in [1.165, 1.54) is 16.4 Å². The van der Waals surface area contributed by atoms with E-state index < -0.39 is 21.4 Å². The number of hydrogen-bond donors (Lipinski definition) is 0. The van der Waals surface area contributed by atoms with Gasteiger partial charge >= 0.3 is 0 Å². The zero-order valence-electron chi connectivity index (χ0n) is 15.3. The molecule has 1 aromatic rings. The third-order valence-corrected chi connectivity index (χ3v) is 7.95. The van der Waals surface area contributed by atoms with Crippen molar-refractivity contribution in [2.75, 3.05) is 26.2 Å². The van der Waals surface area contributed by atoms with Crippen LogP contribution < -0.4 is 0 Å². The van der Waals surface area contributed by atoms with Gasteiger partial charge in [-0.2, -0.15) is 4.31 Å². The van der Waals surface area contributed by atoms with Crippen molar-refractivity contribution in [1.82, 2.24) is 9.21 Å². The molecule has 148 valence electrons. The van der Waals surface area contributed by atoms with Gasteiger partial charge in [0.05, 0.1) is 10.5 Å². The van der Waals surface area contributed by atoms with Crippen LogP contribution in [-0.4, -0.2) is 61.4 Å². The molecule has 0 saturated carbocycles. The number of hydrogen-bond acceptors (Lipinski definition) is 4. The average Bonchev–Trinajstić information content (AvgIpc) is 3.33. The van der Waals surface area contributed by atoms with E-state index >= 15 is 0 Å². The summed E-state index contributed by atoms with van der Waals surface area (Å²) in [6.45, 7) is 2.33. The summed E-state index contributed by atoms with van der Waals surface area (Å²) in [7, 11) is -3.63. The van der Waals surface area contributed by atoms with Crippen LogP contribution in [0.15, 0.2) is 29.2 Å². The molecule has 3 heterocycles. The highest BCUT2D eigenvalue weighted by Crippen LogP contribution is 2.40. The number of amides is 1. The Bertz CT molecular complexity index is 798. The third-order valence-electron chi connectivity index (χ3n) is 6.03. The molecule has 4 rings (SSSR count). The van der Waals surface area contributed by atoms with Crippen LogP contribution in [0.5, 0.6) is 0 Å². The number of sulfonamides is 1. The maximum Gasteiger partial charge on any atom is 0.251 e. The minimum Gasteiger partial charge on any atom is -0.362 e. The molecule has 3 fully saturated rings. The maximum atomic E-state index is 13.1. The Morgan fingerprint density at radius 2 is 1.67 bits per heavy atom. The quantitative estimate of drug-likeness (QED) is 0.785. The number of likely N-dealkylation sites (tertiary alicyclic amines) is 1. The van der Waals surface area contributed by atoms with Gasteiger partial charge in [-0.3, -0.25) is 4.79 Å². The first-order valence-corrected chi connectivity index (χ1v) is 11.1. The Morgan fingerprint density at radius 3 is 2.30 bits per heavy atom. The predicted octanol–water partition coefficient (Wildman–Crippen LogP) is 2.15. The Morgan fingerprint density at radius 1 is 1.04 bits per heavy atom. The summed E-state index contributed by atoms with van der Waals surface area (Å²) in [5.74, 6) is -0.370. The molecule has 0 aromatic heterocycles. The second-order valence-corrected chi connectivity index (χ2v) is 9.66. The average molecular weight is 396 g/mol. The molecule has 1 aromatic carbocycles. The second-order valence-electron chi connectivity index (χ2n) is 7.72. The molecular weight excluding hydrogens is 371 g/mol. The number of rotatable bonds is 3. The van der Waals surface area contributed by atoms with E-state index in [1.807, 2.05) is 4.90 Å². The highest BCUT2D eigenvalue weighted by molar-refractivity contribution is 7.89. The van der Waals surface area contributed by atoms with Gasteiger partial charge in [0.15, 0.2) is 0 Å². The molecule has 27 heavy (non-hydrogen) atoms. The molecule has 3 aliphatic heterocycles. The van der Waals surface area contributed by atoms with Crippen molar-refractivity contribution in [2.45, 2.75) is 55.1 Å². The van der Waals surface area contributed by atoms with Gasteiger partial charge in [0.1, 0.15) is 11.9 Å². The smallest absolute Gasteiger partial charge is 0.251 e. The first-order chi connectivity index (χ1) is 12.9. The number of piperidine rings is 1. The van der Waals surface area contributed by atoms with Crippen molar-refractivity contribution in [3.63, 3.8) is 0 Å². The fraction of sp³-hybridized carbons (Fsp3) is 0.632. The van der Waals surface area contributed by atoms with E-state index in [1.54, 1.807) is 0 Å². The normalized spacial score (nSPS) is 26.0. The molecule has 0 aliphatic carbocycles. The number of carbonyl (C=O) groups excluding carboxylic acids is 1. The molecule has 3 aliphatic rings. The monoisotopic (exact) mass is 396 g/mol. The Hall–Kier alpha value is -1.51. The summed E-state index contributed by atoms with van der Waals surface area (Å²) in [6, 6.07) is 4.91. The van der Waals surface area contributed by atoms with Crippen LogP contribution in [0.25, 0.3) is 0 Å². The fourth-order valence-electron chi connectivity index (χ4n) is 4.39. The van der Waals surface area contributed by atoms with Gasteiger partial charge in [0, 0.05) is 26.2 Å². The van der Waals surface area contributed by atoms with Gasteiger partial charge in [0.25, 0.3) is 5.91 Å². The molecule has 1 atom stereocenters.